The molecule has 0 fully saturated rings. The lowest BCUT2D eigenvalue weighted by atomic mass is 10.2. The third-order valence-corrected chi connectivity index (χ3v) is 3.90. The van der Waals surface area contributed by atoms with Gasteiger partial charge >= 0.3 is 0 Å². The van der Waals surface area contributed by atoms with Crippen molar-refractivity contribution in [3.63, 3.8) is 0 Å². The molecule has 0 saturated carbocycles. The maximum Gasteiger partial charge on any atom is 0.271 e. The largest absolute Gasteiger partial charge is 0.486 e. The minimum atomic E-state index is -0.287. The number of anilines is 2. The van der Waals surface area contributed by atoms with E-state index >= 15 is 0 Å². The monoisotopic (exact) mass is 363 g/mol. The van der Waals surface area contributed by atoms with E-state index in [1.165, 1.54) is 12.4 Å². The van der Waals surface area contributed by atoms with Crippen LogP contribution in [0, 0.1) is 0 Å². The molecule has 1 aromatic carbocycles. The van der Waals surface area contributed by atoms with Gasteiger partial charge < -0.3 is 20.1 Å². The summed E-state index contributed by atoms with van der Waals surface area (Å²) in [6.45, 7) is 1.48. The Morgan fingerprint density at radius 1 is 1.00 bits per heavy atom. The van der Waals surface area contributed by atoms with Crippen LogP contribution in [0.1, 0.15) is 16.1 Å². The van der Waals surface area contributed by atoms with Crippen LogP contribution in [0.4, 0.5) is 11.5 Å². The number of nitrogens with one attached hydrogen (secondary N) is 2. The summed E-state index contributed by atoms with van der Waals surface area (Å²) in [5, 5.41) is 5.93. The Labute approximate surface area is 155 Å². The van der Waals surface area contributed by atoms with Crippen molar-refractivity contribution in [3.05, 3.63) is 66.4 Å². The van der Waals surface area contributed by atoms with Crippen molar-refractivity contribution in [2.45, 2.75) is 6.54 Å². The van der Waals surface area contributed by atoms with Gasteiger partial charge in [0.25, 0.3) is 5.91 Å². The highest BCUT2D eigenvalue weighted by Gasteiger charge is 2.12. The van der Waals surface area contributed by atoms with Gasteiger partial charge in [0.2, 0.25) is 0 Å². The van der Waals surface area contributed by atoms with Crippen LogP contribution in [0.5, 0.6) is 11.5 Å². The molecule has 8 nitrogen and oxygen atoms in total. The number of fused-ring (bicyclic) bond motifs is 1. The minimum Gasteiger partial charge on any atom is -0.486 e. The number of amides is 1. The van der Waals surface area contributed by atoms with Crippen LogP contribution in [-0.2, 0) is 6.54 Å². The SMILES string of the molecule is O=C(NCc1ccncc1)c1cnc(Nc2ccc3c(c2)OCCO3)cn1. The molecule has 0 aliphatic carbocycles. The second-order valence-electron chi connectivity index (χ2n) is 5.81. The van der Waals surface area contributed by atoms with Gasteiger partial charge in [-0.1, -0.05) is 0 Å². The summed E-state index contributed by atoms with van der Waals surface area (Å²) in [6.07, 6.45) is 6.31. The van der Waals surface area contributed by atoms with Crippen molar-refractivity contribution in [3.8, 4) is 11.5 Å². The number of ether oxygens (including phenoxy) is 2. The van der Waals surface area contributed by atoms with E-state index in [2.05, 4.69) is 25.6 Å². The van der Waals surface area contributed by atoms with Crippen LogP contribution in [0.3, 0.4) is 0 Å². The van der Waals surface area contributed by atoms with Gasteiger partial charge in [-0.25, -0.2) is 9.97 Å². The molecule has 27 heavy (non-hydrogen) atoms. The molecule has 1 amide bonds. The predicted molar refractivity (Wildman–Crippen MR) is 98.2 cm³/mol. The molecule has 2 aromatic heterocycles. The molecular formula is C19H17N5O3. The van der Waals surface area contributed by atoms with Crippen LogP contribution in [0.25, 0.3) is 0 Å². The average molecular weight is 363 g/mol. The average Bonchev–Trinajstić information content (AvgIpc) is 2.73. The van der Waals surface area contributed by atoms with Gasteiger partial charge in [0.15, 0.2) is 11.5 Å². The Morgan fingerprint density at radius 2 is 1.81 bits per heavy atom. The van der Waals surface area contributed by atoms with Crippen LogP contribution in [0.15, 0.2) is 55.1 Å². The lowest BCUT2D eigenvalue weighted by Gasteiger charge is -2.19. The zero-order valence-electron chi connectivity index (χ0n) is 14.4. The molecule has 0 bridgehead atoms. The molecule has 0 radical (unpaired) electrons. The van der Waals surface area contributed by atoms with Gasteiger partial charge in [0.05, 0.1) is 12.4 Å². The Hall–Kier alpha value is -3.68. The molecule has 3 heterocycles. The summed E-state index contributed by atoms with van der Waals surface area (Å²) in [4.78, 5) is 24.5. The fraction of sp³-hybridized carbons (Fsp3) is 0.158. The molecule has 0 saturated heterocycles. The van der Waals surface area contributed by atoms with E-state index < -0.39 is 0 Å². The zero-order valence-corrected chi connectivity index (χ0v) is 14.4. The third-order valence-electron chi connectivity index (χ3n) is 3.90. The Kier molecular flexibility index (Phi) is 4.78. The molecule has 4 rings (SSSR count). The van der Waals surface area contributed by atoms with E-state index in [0.29, 0.717) is 31.3 Å². The predicted octanol–water partition coefficient (Wildman–Crippen LogP) is 2.32. The maximum absolute atomic E-state index is 12.2. The van der Waals surface area contributed by atoms with Crippen molar-refractivity contribution in [2.24, 2.45) is 0 Å². The summed E-state index contributed by atoms with van der Waals surface area (Å²) < 4.78 is 11.1. The highest BCUT2D eigenvalue weighted by molar-refractivity contribution is 5.92. The number of hydrogen-bond donors (Lipinski definition) is 2. The van der Waals surface area contributed by atoms with Gasteiger partial charge in [0.1, 0.15) is 24.7 Å². The van der Waals surface area contributed by atoms with E-state index in [9.17, 15) is 4.79 Å². The van der Waals surface area contributed by atoms with Crippen LogP contribution >= 0.6 is 0 Å². The fourth-order valence-corrected chi connectivity index (χ4v) is 2.55. The van der Waals surface area contributed by atoms with Crippen molar-refractivity contribution < 1.29 is 14.3 Å². The van der Waals surface area contributed by atoms with Crippen LogP contribution < -0.4 is 20.1 Å². The molecular weight excluding hydrogens is 346 g/mol. The van der Waals surface area contributed by atoms with Gasteiger partial charge in [-0.15, -0.1) is 0 Å². The Bertz CT molecular complexity index is 932. The summed E-state index contributed by atoms with van der Waals surface area (Å²) in [6, 6.07) is 9.22. The van der Waals surface area contributed by atoms with Gasteiger partial charge in [-0.3, -0.25) is 9.78 Å². The number of benzene rings is 1. The van der Waals surface area contributed by atoms with E-state index in [0.717, 1.165) is 17.0 Å². The smallest absolute Gasteiger partial charge is 0.271 e. The highest BCUT2D eigenvalue weighted by atomic mass is 16.6. The molecule has 0 atom stereocenters. The number of carbonyl (C=O) groups is 1. The first-order valence-corrected chi connectivity index (χ1v) is 8.44. The molecule has 1 aliphatic rings. The fourth-order valence-electron chi connectivity index (χ4n) is 2.55. The Balaban J connectivity index is 1.38. The van der Waals surface area contributed by atoms with Gasteiger partial charge in [-0.05, 0) is 29.8 Å². The molecule has 1 aliphatic heterocycles. The second kappa shape index (κ2) is 7.69. The second-order valence-corrected chi connectivity index (χ2v) is 5.81. The van der Waals surface area contributed by atoms with Crippen LogP contribution in [-0.4, -0.2) is 34.1 Å². The first kappa shape index (κ1) is 16.8. The van der Waals surface area contributed by atoms with Crippen molar-refractivity contribution in [1.29, 1.82) is 0 Å². The summed E-state index contributed by atoms with van der Waals surface area (Å²) >= 11 is 0. The van der Waals surface area contributed by atoms with Gasteiger partial charge in [0, 0.05) is 30.7 Å². The summed E-state index contributed by atoms with van der Waals surface area (Å²) in [7, 11) is 0. The first-order valence-electron chi connectivity index (χ1n) is 8.44. The van der Waals surface area contributed by atoms with E-state index in [1.54, 1.807) is 12.4 Å². The van der Waals surface area contributed by atoms with Gasteiger partial charge in [-0.2, -0.15) is 0 Å². The van der Waals surface area contributed by atoms with Crippen molar-refractivity contribution in [1.82, 2.24) is 20.3 Å². The molecule has 3 aromatic rings. The molecule has 136 valence electrons. The number of carbonyl (C=O) groups excluding carboxylic acids is 1. The molecule has 8 heteroatoms. The quantitative estimate of drug-likeness (QED) is 0.718. The molecule has 0 spiro atoms. The van der Waals surface area contributed by atoms with Crippen molar-refractivity contribution >= 4 is 17.4 Å². The third kappa shape index (κ3) is 4.12. The first-order chi connectivity index (χ1) is 13.3. The number of nitrogens with zero attached hydrogens (tertiary/aromatic N) is 3. The number of pyridine rings is 1. The van der Waals surface area contributed by atoms with Crippen molar-refractivity contribution in [2.75, 3.05) is 18.5 Å². The number of aromatic nitrogens is 3. The normalized spacial score (nSPS) is 12.3. The van der Waals surface area contributed by atoms with E-state index in [-0.39, 0.29) is 11.6 Å². The standard InChI is InChI=1S/C19H17N5O3/c25-19(23-10-13-3-5-20-6-4-13)15-11-22-18(12-21-15)24-14-1-2-16-17(9-14)27-8-7-26-16/h1-6,9,11-12H,7-8,10H2,(H,22,24)(H,23,25). The molecule has 0 unspecified atom stereocenters. The highest BCUT2D eigenvalue weighted by Crippen LogP contribution is 2.33. The lowest BCUT2D eigenvalue weighted by Crippen LogP contribution is -2.24. The zero-order chi connectivity index (χ0) is 18.5. The Morgan fingerprint density at radius 3 is 2.59 bits per heavy atom. The van der Waals surface area contributed by atoms with E-state index in [4.69, 9.17) is 9.47 Å². The number of rotatable bonds is 5. The molecule has 2 N–H and O–H groups in total. The summed E-state index contributed by atoms with van der Waals surface area (Å²) in [5.41, 5.74) is 2.00. The number of hydrogen-bond acceptors (Lipinski definition) is 7. The summed E-state index contributed by atoms with van der Waals surface area (Å²) in [5.74, 6) is 1.65. The van der Waals surface area contributed by atoms with Crippen LogP contribution in [0.2, 0.25) is 0 Å². The lowest BCUT2D eigenvalue weighted by molar-refractivity contribution is 0.0945. The minimum absolute atomic E-state index is 0.247. The van der Waals surface area contributed by atoms with E-state index in [1.807, 2.05) is 30.3 Å². The maximum atomic E-state index is 12.2. The topological polar surface area (TPSA) is 98.3 Å².